The molecule has 0 fully saturated rings. The van der Waals surface area contributed by atoms with Crippen molar-refractivity contribution in [1.29, 1.82) is 0 Å². The minimum atomic E-state index is 0.855. The van der Waals surface area contributed by atoms with Gasteiger partial charge in [-0.25, -0.2) is 0 Å². The van der Waals surface area contributed by atoms with Gasteiger partial charge < -0.3 is 5.32 Å². The van der Waals surface area contributed by atoms with Crippen LogP contribution in [0, 0.1) is 20.8 Å². The molecule has 0 saturated heterocycles. The van der Waals surface area contributed by atoms with E-state index in [-0.39, 0.29) is 0 Å². The molecular formula is C17H25N3. The molecule has 0 bridgehead atoms. The minimum Gasteiger partial charge on any atom is -0.311 e. The van der Waals surface area contributed by atoms with Gasteiger partial charge in [-0.1, -0.05) is 24.6 Å². The van der Waals surface area contributed by atoms with Crippen molar-refractivity contribution in [2.24, 2.45) is 0 Å². The van der Waals surface area contributed by atoms with Gasteiger partial charge in [0.1, 0.15) is 0 Å². The van der Waals surface area contributed by atoms with E-state index in [1.165, 1.54) is 27.9 Å². The summed E-state index contributed by atoms with van der Waals surface area (Å²) in [5, 5.41) is 7.91. The lowest BCUT2D eigenvalue weighted by atomic mass is 10.00. The number of aromatic nitrogens is 2. The summed E-state index contributed by atoms with van der Waals surface area (Å²) >= 11 is 0. The lowest BCUT2D eigenvalue weighted by Crippen LogP contribution is -2.18. The van der Waals surface area contributed by atoms with E-state index in [4.69, 9.17) is 0 Å². The van der Waals surface area contributed by atoms with Crippen molar-refractivity contribution >= 4 is 0 Å². The largest absolute Gasteiger partial charge is 0.311 e. The van der Waals surface area contributed by atoms with E-state index >= 15 is 0 Å². The molecule has 0 aliphatic heterocycles. The summed E-state index contributed by atoms with van der Waals surface area (Å²) in [6.07, 6.45) is 3.05. The van der Waals surface area contributed by atoms with Crippen LogP contribution in [0.2, 0.25) is 0 Å². The van der Waals surface area contributed by atoms with Crippen LogP contribution in [0.3, 0.4) is 0 Å². The Kier molecular flexibility index (Phi) is 4.96. The van der Waals surface area contributed by atoms with Crippen molar-refractivity contribution in [3.8, 4) is 0 Å². The highest BCUT2D eigenvalue weighted by molar-refractivity contribution is 5.37. The maximum Gasteiger partial charge on any atom is 0.0668 e. The molecule has 0 amide bonds. The molecule has 1 aromatic heterocycles. The van der Waals surface area contributed by atoms with Gasteiger partial charge in [-0.2, -0.15) is 5.10 Å². The van der Waals surface area contributed by atoms with Crippen LogP contribution < -0.4 is 5.32 Å². The number of hydrogen-bond acceptors (Lipinski definition) is 2. The molecule has 20 heavy (non-hydrogen) atoms. The average molecular weight is 271 g/mol. The van der Waals surface area contributed by atoms with Crippen molar-refractivity contribution in [2.75, 3.05) is 6.54 Å². The van der Waals surface area contributed by atoms with Crippen LogP contribution in [0.15, 0.2) is 24.4 Å². The number of nitrogens with zero attached hydrogens (tertiary/aromatic N) is 2. The third kappa shape index (κ3) is 3.48. The van der Waals surface area contributed by atoms with E-state index in [1.54, 1.807) is 0 Å². The summed E-state index contributed by atoms with van der Waals surface area (Å²) in [6, 6.07) is 6.60. The second kappa shape index (κ2) is 6.71. The molecule has 0 aliphatic carbocycles. The number of benzene rings is 1. The van der Waals surface area contributed by atoms with Crippen molar-refractivity contribution in [3.05, 3.63) is 52.3 Å². The zero-order chi connectivity index (χ0) is 14.5. The number of rotatable bonds is 6. The van der Waals surface area contributed by atoms with E-state index < -0.39 is 0 Å². The first-order valence-corrected chi connectivity index (χ1v) is 7.40. The molecule has 0 radical (unpaired) electrons. The lowest BCUT2D eigenvalue weighted by molar-refractivity contribution is 0.590. The van der Waals surface area contributed by atoms with Crippen molar-refractivity contribution in [3.63, 3.8) is 0 Å². The molecule has 0 atom stereocenters. The fraction of sp³-hybridized carbons (Fsp3) is 0.471. The van der Waals surface area contributed by atoms with Crippen LogP contribution in [0.1, 0.15) is 41.3 Å². The average Bonchev–Trinajstić information content (AvgIpc) is 2.81. The van der Waals surface area contributed by atoms with Gasteiger partial charge in [0.25, 0.3) is 0 Å². The first-order valence-electron chi connectivity index (χ1n) is 7.40. The van der Waals surface area contributed by atoms with Gasteiger partial charge in [-0.05, 0) is 56.5 Å². The maximum atomic E-state index is 4.47. The first kappa shape index (κ1) is 14.8. The molecule has 0 unspecified atom stereocenters. The fourth-order valence-electron chi connectivity index (χ4n) is 2.65. The van der Waals surface area contributed by atoms with Crippen molar-refractivity contribution in [2.45, 2.75) is 47.2 Å². The standard InChI is InChI=1S/C17H25N3/c1-5-7-18-11-16-6-8-19-20(16)12-17-14(3)9-13(2)10-15(17)4/h6,8-10,18H,5,7,11-12H2,1-4H3. The van der Waals surface area contributed by atoms with E-state index in [0.717, 1.165) is 26.1 Å². The Morgan fingerprint density at radius 2 is 1.85 bits per heavy atom. The zero-order valence-corrected chi connectivity index (χ0v) is 13.0. The lowest BCUT2D eigenvalue weighted by Gasteiger charge is -2.14. The molecule has 1 heterocycles. The quantitative estimate of drug-likeness (QED) is 0.817. The number of aryl methyl sites for hydroxylation is 3. The molecule has 108 valence electrons. The summed E-state index contributed by atoms with van der Waals surface area (Å²) < 4.78 is 2.10. The van der Waals surface area contributed by atoms with Gasteiger partial charge in [0.15, 0.2) is 0 Å². The van der Waals surface area contributed by atoms with E-state index in [2.05, 4.69) is 61.0 Å². The van der Waals surface area contributed by atoms with E-state index in [9.17, 15) is 0 Å². The number of hydrogen-bond donors (Lipinski definition) is 1. The monoisotopic (exact) mass is 271 g/mol. The molecular weight excluding hydrogens is 246 g/mol. The molecule has 3 nitrogen and oxygen atoms in total. The van der Waals surface area contributed by atoms with Crippen molar-refractivity contribution in [1.82, 2.24) is 15.1 Å². The maximum absolute atomic E-state index is 4.47. The highest BCUT2D eigenvalue weighted by Crippen LogP contribution is 2.18. The highest BCUT2D eigenvalue weighted by atomic mass is 15.3. The molecule has 2 rings (SSSR count). The predicted molar refractivity (Wildman–Crippen MR) is 84.0 cm³/mol. The molecule has 0 saturated carbocycles. The van der Waals surface area contributed by atoms with Gasteiger partial charge in [-0.3, -0.25) is 4.68 Å². The summed E-state index contributed by atoms with van der Waals surface area (Å²) in [5.41, 5.74) is 6.67. The van der Waals surface area contributed by atoms with Crippen LogP contribution in [0.4, 0.5) is 0 Å². The Balaban J connectivity index is 2.16. The van der Waals surface area contributed by atoms with Gasteiger partial charge in [0.2, 0.25) is 0 Å². The molecule has 0 aliphatic rings. The fourth-order valence-corrected chi connectivity index (χ4v) is 2.65. The molecule has 1 N–H and O–H groups in total. The normalized spacial score (nSPS) is 11.0. The molecule has 3 heteroatoms. The third-order valence-corrected chi connectivity index (χ3v) is 3.69. The van der Waals surface area contributed by atoms with Gasteiger partial charge in [0.05, 0.1) is 12.2 Å². The molecule has 1 aromatic carbocycles. The van der Waals surface area contributed by atoms with Crippen LogP contribution in [-0.4, -0.2) is 16.3 Å². The molecule has 2 aromatic rings. The Hall–Kier alpha value is -1.61. The van der Waals surface area contributed by atoms with Gasteiger partial charge in [0, 0.05) is 12.7 Å². The SMILES string of the molecule is CCCNCc1ccnn1Cc1c(C)cc(C)cc1C. The second-order valence-electron chi connectivity index (χ2n) is 5.53. The highest BCUT2D eigenvalue weighted by Gasteiger charge is 2.08. The predicted octanol–water partition coefficient (Wildman–Crippen LogP) is 3.36. The Morgan fingerprint density at radius 3 is 2.50 bits per heavy atom. The first-order chi connectivity index (χ1) is 9.61. The summed E-state index contributed by atoms with van der Waals surface area (Å²) in [5.74, 6) is 0. The van der Waals surface area contributed by atoms with Crippen LogP contribution >= 0.6 is 0 Å². The zero-order valence-electron chi connectivity index (χ0n) is 13.0. The Morgan fingerprint density at radius 1 is 1.15 bits per heavy atom. The Labute approximate surface area is 122 Å². The summed E-state index contributed by atoms with van der Waals surface area (Å²) in [6.45, 7) is 11.5. The topological polar surface area (TPSA) is 29.9 Å². The Bertz CT molecular complexity index is 546. The van der Waals surface area contributed by atoms with Gasteiger partial charge in [-0.15, -0.1) is 0 Å². The number of nitrogens with one attached hydrogen (secondary N) is 1. The third-order valence-electron chi connectivity index (χ3n) is 3.69. The second-order valence-corrected chi connectivity index (χ2v) is 5.53. The smallest absolute Gasteiger partial charge is 0.0668 e. The van der Waals surface area contributed by atoms with Crippen molar-refractivity contribution < 1.29 is 0 Å². The van der Waals surface area contributed by atoms with E-state index in [1.807, 2.05) is 6.20 Å². The van der Waals surface area contributed by atoms with Crippen LogP contribution in [0.5, 0.6) is 0 Å². The molecule has 0 spiro atoms. The summed E-state index contributed by atoms with van der Waals surface area (Å²) in [4.78, 5) is 0. The summed E-state index contributed by atoms with van der Waals surface area (Å²) in [7, 11) is 0. The van der Waals surface area contributed by atoms with E-state index in [0.29, 0.717) is 0 Å². The van der Waals surface area contributed by atoms with Crippen LogP contribution in [-0.2, 0) is 13.1 Å². The minimum absolute atomic E-state index is 0.855. The van der Waals surface area contributed by atoms with Gasteiger partial charge >= 0.3 is 0 Å². The van der Waals surface area contributed by atoms with Crippen LogP contribution in [0.25, 0.3) is 0 Å².